The molecular formula is C12H19N3O3S. The molecule has 1 aliphatic heterocycles. The van der Waals surface area contributed by atoms with Gasteiger partial charge in [-0.3, -0.25) is 0 Å². The first-order valence-corrected chi connectivity index (χ1v) is 7.75. The largest absolute Gasteiger partial charge is 0.490 e. The van der Waals surface area contributed by atoms with Gasteiger partial charge in [0, 0.05) is 19.6 Å². The number of nitrogens with zero attached hydrogens (tertiary/aromatic N) is 1. The topological polar surface area (TPSA) is 84.7 Å². The molecule has 0 aromatic heterocycles. The van der Waals surface area contributed by atoms with Crippen molar-refractivity contribution in [2.45, 2.75) is 12.8 Å². The molecule has 1 fully saturated rings. The van der Waals surface area contributed by atoms with E-state index in [9.17, 15) is 8.42 Å². The molecule has 0 atom stereocenters. The van der Waals surface area contributed by atoms with E-state index < -0.39 is 10.2 Å². The second kappa shape index (κ2) is 6.23. The Bertz CT molecular complexity index is 513. The average molecular weight is 285 g/mol. The Hall–Kier alpha value is -1.31. The molecule has 0 bridgehead atoms. The summed E-state index contributed by atoms with van der Waals surface area (Å²) in [5.74, 6) is 0.572. The van der Waals surface area contributed by atoms with Crippen molar-refractivity contribution in [1.82, 2.24) is 9.03 Å². The first-order valence-electron chi connectivity index (χ1n) is 6.31. The monoisotopic (exact) mass is 285 g/mol. The van der Waals surface area contributed by atoms with Crippen molar-refractivity contribution in [3.63, 3.8) is 0 Å². The number of rotatable bonds is 6. The highest BCUT2D eigenvalue weighted by Crippen LogP contribution is 2.19. The predicted molar refractivity (Wildman–Crippen MR) is 74.1 cm³/mol. The highest BCUT2D eigenvalue weighted by molar-refractivity contribution is 7.87. The number of para-hydroxylation sites is 2. The van der Waals surface area contributed by atoms with Crippen molar-refractivity contribution in [2.24, 2.45) is 0 Å². The number of hydrogen-bond acceptors (Lipinski definition) is 4. The molecule has 106 valence electrons. The van der Waals surface area contributed by atoms with E-state index in [2.05, 4.69) is 4.72 Å². The standard InChI is InChI=1S/C12H19N3O3S/c13-11-5-1-2-6-12(11)18-10-7-14-19(16,17)15-8-3-4-9-15/h1-2,5-6,14H,3-4,7-10,13H2. The lowest BCUT2D eigenvalue weighted by Gasteiger charge is -2.16. The van der Waals surface area contributed by atoms with Gasteiger partial charge in [-0.1, -0.05) is 12.1 Å². The van der Waals surface area contributed by atoms with Gasteiger partial charge < -0.3 is 10.5 Å². The van der Waals surface area contributed by atoms with E-state index in [1.165, 1.54) is 4.31 Å². The lowest BCUT2D eigenvalue weighted by atomic mass is 10.3. The molecule has 0 amide bonds. The zero-order valence-electron chi connectivity index (χ0n) is 10.7. The molecule has 3 N–H and O–H groups in total. The quantitative estimate of drug-likeness (QED) is 0.591. The molecule has 1 aliphatic rings. The van der Waals surface area contributed by atoms with E-state index in [0.717, 1.165) is 12.8 Å². The minimum Gasteiger partial charge on any atom is -0.490 e. The van der Waals surface area contributed by atoms with E-state index in [4.69, 9.17) is 10.5 Å². The summed E-state index contributed by atoms with van der Waals surface area (Å²) in [6.45, 7) is 1.68. The molecular weight excluding hydrogens is 266 g/mol. The van der Waals surface area contributed by atoms with Gasteiger partial charge in [-0.05, 0) is 25.0 Å². The van der Waals surface area contributed by atoms with Crippen molar-refractivity contribution < 1.29 is 13.2 Å². The first kappa shape index (κ1) is 14.1. The van der Waals surface area contributed by atoms with Gasteiger partial charge in [-0.15, -0.1) is 0 Å². The van der Waals surface area contributed by atoms with Gasteiger partial charge in [0.05, 0.1) is 5.69 Å². The fourth-order valence-corrected chi connectivity index (χ4v) is 3.23. The Morgan fingerprint density at radius 2 is 1.95 bits per heavy atom. The number of benzene rings is 1. The molecule has 7 heteroatoms. The highest BCUT2D eigenvalue weighted by atomic mass is 32.2. The van der Waals surface area contributed by atoms with Crippen LogP contribution in [0.25, 0.3) is 0 Å². The normalized spacial score (nSPS) is 16.6. The van der Waals surface area contributed by atoms with Gasteiger partial charge in [0.25, 0.3) is 10.2 Å². The van der Waals surface area contributed by atoms with Gasteiger partial charge in [0.15, 0.2) is 0 Å². The van der Waals surface area contributed by atoms with Crippen LogP contribution in [-0.4, -0.2) is 39.0 Å². The predicted octanol–water partition coefficient (Wildman–Crippen LogP) is 0.578. The van der Waals surface area contributed by atoms with Crippen LogP contribution in [-0.2, 0) is 10.2 Å². The summed E-state index contributed by atoms with van der Waals surface area (Å²) >= 11 is 0. The second-order valence-corrected chi connectivity index (χ2v) is 6.15. The maximum absolute atomic E-state index is 11.8. The number of nitrogen functional groups attached to an aromatic ring is 1. The van der Waals surface area contributed by atoms with Crippen molar-refractivity contribution in [3.05, 3.63) is 24.3 Å². The van der Waals surface area contributed by atoms with E-state index in [1.54, 1.807) is 12.1 Å². The number of ether oxygens (including phenoxy) is 1. The highest BCUT2D eigenvalue weighted by Gasteiger charge is 2.24. The van der Waals surface area contributed by atoms with Crippen molar-refractivity contribution in [2.75, 3.05) is 32.0 Å². The van der Waals surface area contributed by atoms with Crippen LogP contribution in [0, 0.1) is 0 Å². The summed E-state index contributed by atoms with van der Waals surface area (Å²) in [7, 11) is -3.35. The molecule has 1 aromatic carbocycles. The zero-order chi connectivity index (χ0) is 13.7. The fraction of sp³-hybridized carbons (Fsp3) is 0.500. The Labute approximate surface area is 113 Å². The minimum atomic E-state index is -3.35. The van der Waals surface area contributed by atoms with Gasteiger partial charge in [0.2, 0.25) is 0 Å². The molecule has 1 aromatic rings. The molecule has 2 rings (SSSR count). The second-order valence-electron chi connectivity index (χ2n) is 4.39. The Kier molecular flexibility index (Phi) is 4.62. The number of anilines is 1. The van der Waals surface area contributed by atoms with Crippen LogP contribution in [0.5, 0.6) is 5.75 Å². The van der Waals surface area contributed by atoms with Crippen LogP contribution >= 0.6 is 0 Å². The lowest BCUT2D eigenvalue weighted by Crippen LogP contribution is -2.40. The third-order valence-electron chi connectivity index (χ3n) is 2.97. The third-order valence-corrected chi connectivity index (χ3v) is 4.58. The van der Waals surface area contributed by atoms with E-state index >= 15 is 0 Å². The Morgan fingerprint density at radius 1 is 1.26 bits per heavy atom. The molecule has 0 unspecified atom stereocenters. The molecule has 1 heterocycles. The zero-order valence-corrected chi connectivity index (χ0v) is 11.5. The van der Waals surface area contributed by atoms with Crippen LogP contribution in [0.3, 0.4) is 0 Å². The fourth-order valence-electron chi connectivity index (χ4n) is 1.96. The number of hydrogen-bond donors (Lipinski definition) is 2. The maximum Gasteiger partial charge on any atom is 0.279 e. The van der Waals surface area contributed by atoms with Crippen molar-refractivity contribution >= 4 is 15.9 Å². The summed E-state index contributed by atoms with van der Waals surface area (Å²) in [5.41, 5.74) is 6.26. The maximum atomic E-state index is 11.8. The summed E-state index contributed by atoms with van der Waals surface area (Å²) < 4.78 is 33.1. The molecule has 0 aliphatic carbocycles. The molecule has 6 nitrogen and oxygen atoms in total. The molecule has 0 saturated carbocycles. The summed E-state index contributed by atoms with van der Waals surface area (Å²) in [6.07, 6.45) is 1.86. The van der Waals surface area contributed by atoms with Gasteiger partial charge in [0.1, 0.15) is 12.4 Å². The van der Waals surface area contributed by atoms with Crippen molar-refractivity contribution in [3.8, 4) is 5.75 Å². The summed E-state index contributed by atoms with van der Waals surface area (Å²) in [6, 6.07) is 7.13. The van der Waals surface area contributed by atoms with Gasteiger partial charge in [-0.2, -0.15) is 17.4 Å². The molecule has 1 saturated heterocycles. The third kappa shape index (κ3) is 3.82. The lowest BCUT2D eigenvalue weighted by molar-refractivity contribution is 0.322. The van der Waals surface area contributed by atoms with Crippen LogP contribution in [0.4, 0.5) is 5.69 Å². The SMILES string of the molecule is Nc1ccccc1OCCNS(=O)(=O)N1CCCC1. The summed E-state index contributed by atoms with van der Waals surface area (Å²) in [5, 5.41) is 0. The van der Waals surface area contributed by atoms with Crippen LogP contribution in [0.1, 0.15) is 12.8 Å². The summed E-state index contributed by atoms with van der Waals surface area (Å²) in [4.78, 5) is 0. The van der Waals surface area contributed by atoms with E-state index in [-0.39, 0.29) is 13.2 Å². The number of nitrogens with one attached hydrogen (secondary N) is 1. The Morgan fingerprint density at radius 3 is 2.63 bits per heavy atom. The van der Waals surface area contributed by atoms with Gasteiger partial charge >= 0.3 is 0 Å². The minimum absolute atomic E-state index is 0.229. The van der Waals surface area contributed by atoms with E-state index in [1.807, 2.05) is 12.1 Å². The van der Waals surface area contributed by atoms with Crippen LogP contribution in [0.15, 0.2) is 24.3 Å². The van der Waals surface area contributed by atoms with E-state index in [0.29, 0.717) is 24.5 Å². The Balaban J connectivity index is 1.76. The molecule has 19 heavy (non-hydrogen) atoms. The average Bonchev–Trinajstić information content (AvgIpc) is 2.91. The van der Waals surface area contributed by atoms with Crippen LogP contribution in [0.2, 0.25) is 0 Å². The molecule has 0 spiro atoms. The van der Waals surface area contributed by atoms with Crippen molar-refractivity contribution in [1.29, 1.82) is 0 Å². The number of nitrogens with two attached hydrogens (primary N) is 1. The van der Waals surface area contributed by atoms with Gasteiger partial charge in [-0.25, -0.2) is 0 Å². The smallest absolute Gasteiger partial charge is 0.279 e. The first-order chi connectivity index (χ1) is 9.09. The molecule has 0 radical (unpaired) electrons. The van der Waals surface area contributed by atoms with Crippen LogP contribution < -0.4 is 15.2 Å².